The van der Waals surface area contributed by atoms with Gasteiger partial charge < -0.3 is 14.6 Å². The van der Waals surface area contributed by atoms with Crippen LogP contribution >= 0.6 is 11.6 Å². The van der Waals surface area contributed by atoms with Gasteiger partial charge in [0.15, 0.2) is 0 Å². The molecule has 0 radical (unpaired) electrons. The Balaban J connectivity index is 0.000000628. The van der Waals surface area contributed by atoms with Gasteiger partial charge in [-0.25, -0.2) is 0 Å². The van der Waals surface area contributed by atoms with Crippen molar-refractivity contribution in [2.45, 2.75) is 64.3 Å². The summed E-state index contributed by atoms with van der Waals surface area (Å²) in [6, 6.07) is 10.1. The fourth-order valence-electron chi connectivity index (χ4n) is 4.62. The molecule has 31 heavy (non-hydrogen) atoms. The van der Waals surface area contributed by atoms with Gasteiger partial charge in [-0.3, -0.25) is 9.59 Å². The van der Waals surface area contributed by atoms with E-state index in [-0.39, 0.29) is 5.91 Å². The Morgan fingerprint density at radius 3 is 2.48 bits per heavy atom. The molecule has 2 aliphatic rings. The number of fused-ring (bicyclic) bond motifs is 1. The van der Waals surface area contributed by atoms with Gasteiger partial charge in [-0.2, -0.15) is 0 Å². The molecule has 1 fully saturated rings. The fourth-order valence-corrected chi connectivity index (χ4v) is 4.75. The molecule has 168 valence electrons. The molecule has 0 atom stereocenters. The second-order valence-corrected chi connectivity index (χ2v) is 8.90. The largest absolute Gasteiger partial charge is 0.471 e. The molecule has 0 aliphatic heterocycles. The summed E-state index contributed by atoms with van der Waals surface area (Å²) in [6.07, 6.45) is 11.1. The fraction of sp³-hybridized carbons (Fsp3) is 0.520. The van der Waals surface area contributed by atoms with E-state index in [1.807, 2.05) is 12.1 Å². The van der Waals surface area contributed by atoms with Gasteiger partial charge in [-0.05, 0) is 73.8 Å². The molecule has 2 aliphatic carbocycles. The number of carbonyl (C=O) groups is 2. The van der Waals surface area contributed by atoms with Crippen molar-refractivity contribution < 1.29 is 14.3 Å². The highest BCUT2D eigenvalue weighted by atomic mass is 35.5. The zero-order valence-electron chi connectivity index (χ0n) is 18.4. The lowest BCUT2D eigenvalue weighted by molar-refractivity contribution is -0.126. The molecule has 1 heterocycles. The van der Waals surface area contributed by atoms with E-state index in [2.05, 4.69) is 32.8 Å². The van der Waals surface area contributed by atoms with Crippen LogP contribution in [0.3, 0.4) is 0 Å². The first-order chi connectivity index (χ1) is 15.1. The minimum Gasteiger partial charge on any atom is -0.471 e. The Labute approximate surface area is 190 Å². The van der Waals surface area contributed by atoms with E-state index < -0.39 is 0 Å². The number of hydrogen-bond acceptors (Lipinski definition) is 3. The molecule has 2 aromatic rings. The predicted molar refractivity (Wildman–Crippen MR) is 124 cm³/mol. The molecule has 0 bridgehead atoms. The van der Waals surface area contributed by atoms with Crippen LogP contribution in [0.5, 0.6) is 0 Å². The van der Waals surface area contributed by atoms with Crippen LogP contribution < -0.4 is 5.32 Å². The minimum absolute atomic E-state index is 0.0870. The maximum absolute atomic E-state index is 13.0. The van der Waals surface area contributed by atoms with Crippen LogP contribution in [0.15, 0.2) is 30.3 Å². The zero-order valence-corrected chi connectivity index (χ0v) is 19.1. The van der Waals surface area contributed by atoms with Crippen molar-refractivity contribution in [2.24, 2.45) is 5.92 Å². The molecule has 0 spiro atoms. The van der Waals surface area contributed by atoms with E-state index in [0.29, 0.717) is 12.4 Å². The van der Waals surface area contributed by atoms with Gasteiger partial charge in [0.25, 0.3) is 12.4 Å². The lowest BCUT2D eigenvalue weighted by Crippen LogP contribution is -2.32. The summed E-state index contributed by atoms with van der Waals surface area (Å²) in [6.45, 7) is 1.92. The van der Waals surface area contributed by atoms with Gasteiger partial charge in [0, 0.05) is 23.8 Å². The van der Waals surface area contributed by atoms with Gasteiger partial charge in [-0.15, -0.1) is 0 Å². The monoisotopic (exact) mass is 444 g/mol. The number of nitrogens with zero attached hydrogens (tertiary/aromatic N) is 1. The van der Waals surface area contributed by atoms with Crippen molar-refractivity contribution in [3.63, 3.8) is 0 Å². The summed E-state index contributed by atoms with van der Waals surface area (Å²) in [4.78, 5) is 22.0. The first-order valence-electron chi connectivity index (χ1n) is 11.3. The van der Waals surface area contributed by atoms with Crippen LogP contribution in [0.2, 0.25) is 5.02 Å². The third-order valence-electron chi connectivity index (χ3n) is 6.27. The van der Waals surface area contributed by atoms with Gasteiger partial charge >= 0.3 is 0 Å². The summed E-state index contributed by atoms with van der Waals surface area (Å²) in [7, 11) is 1.31. The Kier molecular flexibility index (Phi) is 9.01. The molecule has 1 aromatic carbocycles. The summed E-state index contributed by atoms with van der Waals surface area (Å²) >= 11 is 6.03. The van der Waals surface area contributed by atoms with Gasteiger partial charge in [0.1, 0.15) is 5.69 Å². The lowest BCUT2D eigenvalue weighted by atomic mass is 9.89. The highest BCUT2D eigenvalue weighted by molar-refractivity contribution is 6.30. The van der Waals surface area contributed by atoms with Crippen LogP contribution in [0.4, 0.5) is 0 Å². The SMILES string of the molecule is COC=O.O=C(NCC1CCCCC1)c1cc2c(n1Cc1ccc(Cl)cc1)CCCC2. The Morgan fingerprint density at radius 2 is 1.81 bits per heavy atom. The Morgan fingerprint density at radius 1 is 1.13 bits per heavy atom. The Hall–Kier alpha value is -2.27. The zero-order chi connectivity index (χ0) is 22.1. The highest BCUT2D eigenvalue weighted by Gasteiger charge is 2.23. The maximum Gasteiger partial charge on any atom is 0.292 e. The van der Waals surface area contributed by atoms with Gasteiger partial charge in [-0.1, -0.05) is 43.0 Å². The summed E-state index contributed by atoms with van der Waals surface area (Å²) in [5.74, 6) is 0.737. The number of hydrogen-bond donors (Lipinski definition) is 1. The number of halogens is 1. The summed E-state index contributed by atoms with van der Waals surface area (Å²) in [5, 5.41) is 3.98. The second-order valence-electron chi connectivity index (χ2n) is 8.47. The highest BCUT2D eigenvalue weighted by Crippen LogP contribution is 2.27. The first-order valence-corrected chi connectivity index (χ1v) is 11.7. The molecule has 4 rings (SSSR count). The van der Waals surface area contributed by atoms with Crippen LogP contribution in [0, 0.1) is 5.92 Å². The number of rotatable bonds is 6. The number of aromatic nitrogens is 1. The standard InChI is InChI=1S/C23H29ClN2O.C2H4O2/c24-20-12-10-18(11-13-20)16-26-21-9-5-4-8-19(21)14-22(26)23(27)25-15-17-6-2-1-3-7-17;1-4-2-3/h10-14,17H,1-9,15-16H2,(H,25,27);2H,1H3. The normalized spacial score (nSPS) is 15.9. The van der Waals surface area contributed by atoms with Crippen LogP contribution in [-0.2, 0) is 28.9 Å². The molecule has 1 amide bonds. The number of aryl methyl sites for hydroxylation is 1. The molecular formula is C25H33ClN2O3. The first kappa shape index (κ1) is 23.4. The molecule has 6 heteroatoms. The quantitative estimate of drug-likeness (QED) is 0.625. The van der Waals surface area contributed by atoms with Crippen molar-refractivity contribution in [3.05, 3.63) is 57.9 Å². The summed E-state index contributed by atoms with van der Waals surface area (Å²) < 4.78 is 6.11. The number of ether oxygens (including phenoxy) is 1. The molecular weight excluding hydrogens is 412 g/mol. The van der Waals surface area contributed by atoms with Crippen LogP contribution in [0.25, 0.3) is 0 Å². The van der Waals surface area contributed by atoms with Crippen LogP contribution in [0.1, 0.15) is 72.3 Å². The van der Waals surface area contributed by atoms with Crippen molar-refractivity contribution in [2.75, 3.05) is 13.7 Å². The van der Waals surface area contributed by atoms with E-state index in [0.717, 1.165) is 36.6 Å². The van der Waals surface area contributed by atoms with Crippen molar-refractivity contribution >= 4 is 24.0 Å². The molecule has 0 saturated heterocycles. The van der Waals surface area contributed by atoms with Crippen molar-refractivity contribution in [1.29, 1.82) is 0 Å². The van der Waals surface area contributed by atoms with E-state index in [9.17, 15) is 4.79 Å². The molecule has 1 saturated carbocycles. The van der Waals surface area contributed by atoms with Crippen molar-refractivity contribution in [1.82, 2.24) is 9.88 Å². The minimum atomic E-state index is 0.0870. The van der Waals surface area contributed by atoms with Gasteiger partial charge in [0.05, 0.1) is 7.11 Å². The van der Waals surface area contributed by atoms with E-state index in [1.54, 1.807) is 0 Å². The maximum atomic E-state index is 13.0. The number of amides is 1. The topological polar surface area (TPSA) is 60.3 Å². The average molecular weight is 445 g/mol. The third kappa shape index (κ3) is 6.60. The van der Waals surface area contributed by atoms with Crippen LogP contribution in [-0.4, -0.2) is 30.6 Å². The third-order valence-corrected chi connectivity index (χ3v) is 6.52. The van der Waals surface area contributed by atoms with E-state index in [1.165, 1.54) is 68.9 Å². The lowest BCUT2D eigenvalue weighted by Gasteiger charge is -2.22. The smallest absolute Gasteiger partial charge is 0.292 e. The predicted octanol–water partition coefficient (Wildman–Crippen LogP) is 5.17. The van der Waals surface area contributed by atoms with E-state index >= 15 is 0 Å². The average Bonchev–Trinajstić information content (AvgIpc) is 3.18. The molecule has 5 nitrogen and oxygen atoms in total. The number of carbonyl (C=O) groups excluding carboxylic acids is 2. The molecule has 1 N–H and O–H groups in total. The molecule has 0 unspecified atom stereocenters. The van der Waals surface area contributed by atoms with E-state index in [4.69, 9.17) is 16.4 Å². The van der Waals surface area contributed by atoms with Gasteiger partial charge in [0.2, 0.25) is 0 Å². The summed E-state index contributed by atoms with van der Waals surface area (Å²) in [5.41, 5.74) is 4.72. The second kappa shape index (κ2) is 11.9. The number of nitrogens with one attached hydrogen (secondary N) is 1. The van der Waals surface area contributed by atoms with Crippen molar-refractivity contribution in [3.8, 4) is 0 Å². The molecule has 1 aromatic heterocycles. The number of benzene rings is 1. The Bertz CT molecular complexity index is 854. The number of methoxy groups -OCH3 is 1.